The van der Waals surface area contributed by atoms with Crippen LogP contribution in [-0.2, 0) is 9.47 Å². The second kappa shape index (κ2) is 7.30. The summed E-state index contributed by atoms with van der Waals surface area (Å²) in [5.41, 5.74) is 0.491. The van der Waals surface area contributed by atoms with Gasteiger partial charge >= 0.3 is 0 Å². The maximum atomic E-state index is 9.88. The Bertz CT molecular complexity index is 484. The van der Waals surface area contributed by atoms with Crippen LogP contribution < -0.4 is 0 Å². The zero-order valence-corrected chi connectivity index (χ0v) is 11.7. The molecule has 22 heavy (non-hydrogen) atoms. The van der Waals surface area contributed by atoms with E-state index in [1.807, 2.05) is 6.07 Å². The molecule has 8 heteroatoms. The Labute approximate surface area is 127 Å². The van der Waals surface area contributed by atoms with Crippen LogP contribution in [0.1, 0.15) is 6.42 Å². The third-order valence-corrected chi connectivity index (χ3v) is 3.64. The summed E-state index contributed by atoms with van der Waals surface area (Å²) in [6, 6.07) is 1.89. The number of hydrogen-bond acceptors (Lipinski definition) is 8. The second-order valence-corrected chi connectivity index (χ2v) is 5.21. The van der Waals surface area contributed by atoms with E-state index >= 15 is 0 Å². The van der Waals surface area contributed by atoms with E-state index in [1.165, 1.54) is 12.2 Å². The molecule has 0 aromatic heterocycles. The standard InChI is InChI=1S/C14H19NO7/c15-5-9(7-1-3-8(17)4-2-7)21-14-13(20)12(19)11(18)10(6-16)22-14/h1-3,8-14,16-20H,4,6H2. The molecular formula is C14H19NO7. The Hall–Kier alpha value is -1.31. The third-order valence-electron chi connectivity index (χ3n) is 3.64. The monoisotopic (exact) mass is 313 g/mol. The lowest BCUT2D eigenvalue weighted by atomic mass is 9.98. The predicted octanol–water partition coefficient (Wildman–Crippen LogP) is -2.06. The first-order valence-electron chi connectivity index (χ1n) is 6.89. The molecule has 0 aromatic rings. The van der Waals surface area contributed by atoms with Crippen molar-refractivity contribution in [1.29, 1.82) is 5.26 Å². The molecule has 1 saturated heterocycles. The van der Waals surface area contributed by atoms with Crippen molar-refractivity contribution < 1.29 is 35.0 Å². The summed E-state index contributed by atoms with van der Waals surface area (Å²) in [7, 11) is 0. The fourth-order valence-corrected chi connectivity index (χ4v) is 2.32. The lowest BCUT2D eigenvalue weighted by Gasteiger charge is -2.40. The molecular weight excluding hydrogens is 294 g/mol. The van der Waals surface area contributed by atoms with Gasteiger partial charge in [-0.05, 0) is 12.0 Å². The predicted molar refractivity (Wildman–Crippen MR) is 72.1 cm³/mol. The van der Waals surface area contributed by atoms with Gasteiger partial charge in [0, 0.05) is 0 Å². The van der Waals surface area contributed by atoms with Gasteiger partial charge in [-0.25, -0.2) is 0 Å². The molecule has 0 spiro atoms. The van der Waals surface area contributed by atoms with Crippen LogP contribution in [0, 0.1) is 11.3 Å². The van der Waals surface area contributed by atoms with Crippen LogP contribution in [0.4, 0.5) is 0 Å². The van der Waals surface area contributed by atoms with E-state index in [-0.39, 0.29) is 0 Å². The lowest BCUT2D eigenvalue weighted by Crippen LogP contribution is -2.59. The first-order chi connectivity index (χ1) is 10.5. The Kier molecular flexibility index (Phi) is 5.66. The van der Waals surface area contributed by atoms with Gasteiger partial charge in [0.25, 0.3) is 0 Å². The van der Waals surface area contributed by atoms with Gasteiger partial charge < -0.3 is 35.0 Å². The maximum Gasteiger partial charge on any atom is 0.188 e. The van der Waals surface area contributed by atoms with Crippen molar-refractivity contribution in [1.82, 2.24) is 0 Å². The minimum Gasteiger partial charge on any atom is -0.394 e. The van der Waals surface area contributed by atoms with E-state index in [2.05, 4.69) is 0 Å². The van der Waals surface area contributed by atoms with Crippen LogP contribution in [0.5, 0.6) is 0 Å². The van der Waals surface area contributed by atoms with E-state index < -0.39 is 49.5 Å². The van der Waals surface area contributed by atoms with E-state index in [1.54, 1.807) is 6.08 Å². The fraction of sp³-hybridized carbons (Fsp3) is 0.643. The molecule has 0 saturated carbocycles. The Morgan fingerprint density at radius 3 is 2.55 bits per heavy atom. The number of nitrogens with zero attached hydrogens (tertiary/aromatic N) is 1. The molecule has 1 heterocycles. The lowest BCUT2D eigenvalue weighted by molar-refractivity contribution is -0.304. The van der Waals surface area contributed by atoms with Gasteiger partial charge in [0.15, 0.2) is 12.4 Å². The molecule has 1 aliphatic heterocycles. The summed E-state index contributed by atoms with van der Waals surface area (Å²) >= 11 is 0. The van der Waals surface area contributed by atoms with Crippen LogP contribution >= 0.6 is 0 Å². The summed E-state index contributed by atoms with van der Waals surface area (Å²) in [6.45, 7) is -0.573. The number of hydrogen-bond donors (Lipinski definition) is 5. The molecule has 1 aliphatic carbocycles. The van der Waals surface area contributed by atoms with E-state index in [4.69, 9.17) is 14.6 Å². The van der Waals surface area contributed by atoms with Gasteiger partial charge in [0.05, 0.1) is 18.8 Å². The summed E-state index contributed by atoms with van der Waals surface area (Å²) in [5, 5.41) is 56.9. The molecule has 1 fully saturated rings. The molecule has 122 valence electrons. The van der Waals surface area contributed by atoms with Crippen LogP contribution in [0.25, 0.3) is 0 Å². The highest BCUT2D eigenvalue weighted by molar-refractivity contribution is 5.32. The van der Waals surface area contributed by atoms with Crippen molar-refractivity contribution in [3.8, 4) is 6.07 Å². The van der Waals surface area contributed by atoms with Crippen molar-refractivity contribution in [2.75, 3.05) is 6.61 Å². The Balaban J connectivity index is 2.07. The number of aliphatic hydroxyl groups excluding tert-OH is 5. The topological polar surface area (TPSA) is 143 Å². The molecule has 7 unspecified atom stereocenters. The van der Waals surface area contributed by atoms with Gasteiger partial charge in [-0.2, -0.15) is 5.26 Å². The van der Waals surface area contributed by atoms with Crippen LogP contribution in [0.2, 0.25) is 0 Å². The normalized spacial score (nSPS) is 39.9. The highest BCUT2D eigenvalue weighted by atomic mass is 16.7. The van der Waals surface area contributed by atoms with Gasteiger partial charge in [0.1, 0.15) is 24.4 Å². The average molecular weight is 313 g/mol. The molecule has 0 amide bonds. The largest absolute Gasteiger partial charge is 0.394 e. The zero-order chi connectivity index (χ0) is 16.3. The summed E-state index contributed by atoms with van der Waals surface area (Å²) in [6.07, 6.45) is -3.76. The van der Waals surface area contributed by atoms with Crippen LogP contribution in [0.15, 0.2) is 23.8 Å². The molecule has 5 N–H and O–H groups in total. The zero-order valence-electron chi connectivity index (χ0n) is 11.7. The van der Waals surface area contributed by atoms with Gasteiger partial charge in [-0.3, -0.25) is 0 Å². The summed E-state index contributed by atoms with van der Waals surface area (Å²) in [5.74, 6) is 0. The fourth-order valence-electron chi connectivity index (χ4n) is 2.32. The van der Waals surface area contributed by atoms with Gasteiger partial charge in [0.2, 0.25) is 0 Å². The van der Waals surface area contributed by atoms with E-state index in [0.29, 0.717) is 12.0 Å². The number of rotatable bonds is 4. The quantitative estimate of drug-likeness (QED) is 0.399. The molecule has 0 aromatic carbocycles. The maximum absolute atomic E-state index is 9.88. The first-order valence-corrected chi connectivity index (χ1v) is 6.89. The Morgan fingerprint density at radius 2 is 2.00 bits per heavy atom. The molecule has 8 nitrogen and oxygen atoms in total. The molecule has 0 radical (unpaired) electrons. The molecule has 0 bridgehead atoms. The molecule has 2 aliphatic rings. The highest BCUT2D eigenvalue weighted by Gasteiger charge is 2.45. The second-order valence-electron chi connectivity index (χ2n) is 5.21. The van der Waals surface area contributed by atoms with Crippen LogP contribution in [0.3, 0.4) is 0 Å². The SMILES string of the molecule is N#CC(OC1OC(CO)C(O)C(O)C1O)C1=CCC(O)C=C1. The van der Waals surface area contributed by atoms with Crippen LogP contribution in [-0.4, -0.2) is 75.1 Å². The van der Waals surface area contributed by atoms with Gasteiger partial charge in [-0.1, -0.05) is 18.2 Å². The van der Waals surface area contributed by atoms with Crippen molar-refractivity contribution in [3.05, 3.63) is 23.8 Å². The van der Waals surface area contributed by atoms with E-state index in [9.17, 15) is 25.7 Å². The van der Waals surface area contributed by atoms with Crippen molar-refractivity contribution in [2.24, 2.45) is 0 Å². The summed E-state index contributed by atoms with van der Waals surface area (Å²) in [4.78, 5) is 0. The molecule has 7 atom stereocenters. The van der Waals surface area contributed by atoms with E-state index in [0.717, 1.165) is 0 Å². The van der Waals surface area contributed by atoms with Crippen molar-refractivity contribution >= 4 is 0 Å². The number of aliphatic hydroxyl groups is 5. The van der Waals surface area contributed by atoms with Crippen molar-refractivity contribution in [2.45, 2.75) is 49.3 Å². The molecule has 2 rings (SSSR count). The number of nitriles is 1. The van der Waals surface area contributed by atoms with Crippen molar-refractivity contribution in [3.63, 3.8) is 0 Å². The average Bonchev–Trinajstić information content (AvgIpc) is 2.53. The highest BCUT2D eigenvalue weighted by Crippen LogP contribution is 2.25. The summed E-state index contributed by atoms with van der Waals surface area (Å²) < 4.78 is 10.6. The Morgan fingerprint density at radius 1 is 1.27 bits per heavy atom. The first kappa shape index (κ1) is 17.1. The third kappa shape index (κ3) is 3.53. The minimum atomic E-state index is -1.56. The van der Waals surface area contributed by atoms with Gasteiger partial charge in [-0.15, -0.1) is 0 Å². The number of ether oxygens (including phenoxy) is 2. The smallest absolute Gasteiger partial charge is 0.188 e. The minimum absolute atomic E-state index is 0.335.